The highest BCUT2D eigenvalue weighted by Crippen LogP contribution is 2.42. The second-order valence-corrected chi connectivity index (χ2v) is 8.69. The number of hydrogen-bond acceptors (Lipinski definition) is 5. The molecule has 3 rings (SSSR count). The van der Waals surface area contributed by atoms with E-state index in [0.717, 1.165) is 23.4 Å². The van der Waals surface area contributed by atoms with Crippen LogP contribution in [-0.4, -0.2) is 46.2 Å². The van der Waals surface area contributed by atoms with Crippen LogP contribution in [0, 0.1) is 5.41 Å². The molecule has 156 valence electrons. The number of benzene rings is 1. The molecule has 5 nitrogen and oxygen atoms in total. The molecule has 1 aromatic carbocycles. The largest absolute Gasteiger partial charge is 0.492 e. The zero-order valence-electron chi connectivity index (χ0n) is 17.3. The van der Waals surface area contributed by atoms with E-state index in [1.54, 1.807) is 14.2 Å². The maximum Gasteiger partial charge on any atom is 0.141 e. The molecule has 2 aliphatic rings. The lowest BCUT2D eigenvalue weighted by atomic mass is 9.84. The molecule has 1 atom stereocenters. The Hall–Kier alpha value is -1.43. The molecule has 1 aliphatic heterocycles. The van der Waals surface area contributed by atoms with E-state index in [0.29, 0.717) is 36.6 Å². The lowest BCUT2D eigenvalue weighted by molar-refractivity contribution is 0.0285. The van der Waals surface area contributed by atoms with E-state index in [9.17, 15) is 0 Å². The molecule has 0 radical (unpaired) electrons. The Morgan fingerprint density at radius 1 is 1.18 bits per heavy atom. The normalized spacial score (nSPS) is 19.3. The van der Waals surface area contributed by atoms with E-state index in [2.05, 4.69) is 25.2 Å². The van der Waals surface area contributed by atoms with Crippen molar-refractivity contribution in [2.75, 3.05) is 34.0 Å². The molecule has 6 heteroatoms. The second-order valence-electron chi connectivity index (χ2n) is 8.29. The molecule has 1 saturated carbocycles. The molecule has 0 bridgehead atoms. The zero-order valence-corrected chi connectivity index (χ0v) is 18.1. The van der Waals surface area contributed by atoms with Crippen LogP contribution in [0.25, 0.3) is 5.70 Å². The highest BCUT2D eigenvalue weighted by atomic mass is 35.5. The third-order valence-electron chi connectivity index (χ3n) is 5.40. The van der Waals surface area contributed by atoms with E-state index < -0.39 is 0 Å². The van der Waals surface area contributed by atoms with Gasteiger partial charge in [-0.2, -0.15) is 0 Å². The van der Waals surface area contributed by atoms with Crippen LogP contribution in [0.5, 0.6) is 11.5 Å². The fourth-order valence-corrected chi connectivity index (χ4v) is 3.71. The summed E-state index contributed by atoms with van der Waals surface area (Å²) in [4.78, 5) is 0. The molecule has 1 unspecified atom stereocenters. The van der Waals surface area contributed by atoms with Gasteiger partial charge in [0.25, 0.3) is 0 Å². The standard InChI is InChI=1S/C22H32ClNO4/c1-22(2,14-26-4)21-12-18(24-15-7-5-8-15)16-11-17(23)20(13-19(16)28-21)27-10-6-9-25-3/h11-13,15,21,24H,5-10,14H2,1-4H3. The first kappa shape index (κ1) is 21.3. The van der Waals surface area contributed by atoms with Crippen molar-refractivity contribution >= 4 is 17.3 Å². The second kappa shape index (κ2) is 9.38. The minimum atomic E-state index is -0.169. The van der Waals surface area contributed by atoms with Crippen LogP contribution in [0.2, 0.25) is 5.02 Å². The Bertz CT molecular complexity index is 700. The monoisotopic (exact) mass is 409 g/mol. The fourth-order valence-electron chi connectivity index (χ4n) is 3.49. The molecule has 0 saturated heterocycles. The van der Waals surface area contributed by atoms with E-state index in [-0.39, 0.29) is 11.5 Å². The summed E-state index contributed by atoms with van der Waals surface area (Å²) in [6.45, 7) is 6.12. The lowest BCUT2D eigenvalue weighted by Crippen LogP contribution is -2.41. The number of halogens is 1. The Morgan fingerprint density at radius 2 is 1.96 bits per heavy atom. The molecule has 28 heavy (non-hydrogen) atoms. The van der Waals surface area contributed by atoms with Crippen molar-refractivity contribution < 1.29 is 18.9 Å². The minimum absolute atomic E-state index is 0.106. The Labute approximate surface area is 173 Å². The van der Waals surface area contributed by atoms with Gasteiger partial charge in [-0.1, -0.05) is 25.4 Å². The number of rotatable bonds is 10. The number of ether oxygens (including phenoxy) is 4. The number of fused-ring (bicyclic) bond motifs is 1. The van der Waals surface area contributed by atoms with Crippen molar-refractivity contribution in [2.45, 2.75) is 51.7 Å². The Morgan fingerprint density at radius 3 is 2.61 bits per heavy atom. The van der Waals surface area contributed by atoms with E-state index in [1.807, 2.05) is 12.1 Å². The molecule has 1 aromatic rings. The predicted octanol–water partition coefficient (Wildman–Crippen LogP) is 4.67. The van der Waals surface area contributed by atoms with E-state index in [1.165, 1.54) is 19.3 Å². The molecule has 1 fully saturated rings. The molecule has 1 aliphatic carbocycles. The van der Waals surface area contributed by atoms with Crippen LogP contribution >= 0.6 is 11.6 Å². The van der Waals surface area contributed by atoms with E-state index >= 15 is 0 Å². The summed E-state index contributed by atoms with van der Waals surface area (Å²) >= 11 is 6.51. The first-order valence-corrected chi connectivity index (χ1v) is 10.4. The first-order chi connectivity index (χ1) is 13.4. The van der Waals surface area contributed by atoms with Gasteiger partial charge in [0.05, 0.1) is 18.2 Å². The molecule has 0 amide bonds. The van der Waals surface area contributed by atoms with Crippen LogP contribution in [0.4, 0.5) is 0 Å². The van der Waals surface area contributed by atoms with Gasteiger partial charge >= 0.3 is 0 Å². The highest BCUT2D eigenvalue weighted by molar-refractivity contribution is 6.32. The smallest absolute Gasteiger partial charge is 0.141 e. The SMILES string of the molecule is COCCCOc1cc2c(cc1Cl)C(NC1CCC1)=CC(C(C)(C)COC)O2. The topological polar surface area (TPSA) is 49.0 Å². The summed E-state index contributed by atoms with van der Waals surface area (Å²) in [6.07, 6.45) is 6.56. The summed E-state index contributed by atoms with van der Waals surface area (Å²) in [6, 6.07) is 4.38. The summed E-state index contributed by atoms with van der Waals surface area (Å²) in [5.74, 6) is 1.44. The molecular formula is C22H32ClNO4. The van der Waals surface area contributed by atoms with Crippen molar-refractivity contribution in [3.05, 3.63) is 28.8 Å². The average Bonchev–Trinajstić information content (AvgIpc) is 2.62. The van der Waals surface area contributed by atoms with Gasteiger partial charge in [-0.15, -0.1) is 0 Å². The fraction of sp³-hybridized carbons (Fsp3) is 0.636. The number of methoxy groups -OCH3 is 2. The van der Waals surface area contributed by atoms with Gasteiger partial charge in [0.1, 0.15) is 17.6 Å². The summed E-state index contributed by atoms with van der Waals surface area (Å²) in [5.41, 5.74) is 1.91. The van der Waals surface area contributed by atoms with Gasteiger partial charge in [0.2, 0.25) is 0 Å². The third-order valence-corrected chi connectivity index (χ3v) is 5.69. The quantitative estimate of drug-likeness (QED) is 0.569. The average molecular weight is 410 g/mol. The molecule has 1 N–H and O–H groups in total. The summed E-state index contributed by atoms with van der Waals surface area (Å²) < 4.78 is 22.7. The Balaban J connectivity index is 1.86. The van der Waals surface area contributed by atoms with Crippen LogP contribution in [0.1, 0.15) is 45.1 Å². The van der Waals surface area contributed by atoms with E-state index in [4.69, 9.17) is 30.5 Å². The van der Waals surface area contributed by atoms with Gasteiger partial charge in [-0.3, -0.25) is 0 Å². The Kier molecular flexibility index (Phi) is 7.13. The van der Waals surface area contributed by atoms with Crippen molar-refractivity contribution in [2.24, 2.45) is 5.41 Å². The van der Waals surface area contributed by atoms with Crippen molar-refractivity contribution in [1.29, 1.82) is 0 Å². The van der Waals surface area contributed by atoms with Crippen molar-refractivity contribution in [3.63, 3.8) is 0 Å². The van der Waals surface area contributed by atoms with Gasteiger partial charge < -0.3 is 24.3 Å². The van der Waals surface area contributed by atoms with Crippen molar-refractivity contribution in [1.82, 2.24) is 5.32 Å². The molecule has 0 spiro atoms. The van der Waals surface area contributed by atoms with Crippen LogP contribution in [0.3, 0.4) is 0 Å². The highest BCUT2D eigenvalue weighted by Gasteiger charge is 2.35. The number of nitrogens with one attached hydrogen (secondary N) is 1. The third kappa shape index (κ3) is 4.94. The van der Waals surface area contributed by atoms with Gasteiger partial charge in [-0.05, 0) is 31.4 Å². The number of hydrogen-bond donors (Lipinski definition) is 1. The lowest BCUT2D eigenvalue weighted by Gasteiger charge is -2.38. The molecular weight excluding hydrogens is 378 g/mol. The van der Waals surface area contributed by atoms with Crippen molar-refractivity contribution in [3.8, 4) is 11.5 Å². The van der Waals surface area contributed by atoms with Gasteiger partial charge in [0.15, 0.2) is 0 Å². The van der Waals surface area contributed by atoms with Crippen LogP contribution in [0.15, 0.2) is 18.2 Å². The van der Waals surface area contributed by atoms with Gasteiger partial charge in [-0.25, -0.2) is 0 Å². The zero-order chi connectivity index (χ0) is 20.1. The predicted molar refractivity (Wildman–Crippen MR) is 112 cm³/mol. The van der Waals surface area contributed by atoms with Crippen LogP contribution in [-0.2, 0) is 9.47 Å². The van der Waals surface area contributed by atoms with Crippen LogP contribution < -0.4 is 14.8 Å². The maximum absolute atomic E-state index is 6.51. The van der Waals surface area contributed by atoms with Gasteiger partial charge in [0, 0.05) is 56.0 Å². The summed E-state index contributed by atoms with van der Waals surface area (Å²) in [7, 11) is 3.41. The molecule has 1 heterocycles. The first-order valence-electron chi connectivity index (χ1n) is 10.0. The maximum atomic E-state index is 6.51. The molecule has 0 aromatic heterocycles. The minimum Gasteiger partial charge on any atom is -0.492 e. The summed E-state index contributed by atoms with van der Waals surface area (Å²) in [5, 5.41) is 4.28.